The Morgan fingerprint density at radius 3 is 2.86 bits per heavy atom. The number of hydrogen-bond acceptors (Lipinski definition) is 5. The molecule has 9 heteroatoms. The molecule has 1 atom stereocenters. The van der Waals surface area contributed by atoms with Gasteiger partial charge in [0, 0.05) is 25.2 Å². The van der Waals surface area contributed by atoms with Gasteiger partial charge in [0.05, 0.1) is 23.6 Å². The Labute approximate surface area is 163 Å². The van der Waals surface area contributed by atoms with Crippen molar-refractivity contribution in [1.82, 2.24) is 9.62 Å². The van der Waals surface area contributed by atoms with Crippen LogP contribution in [0.1, 0.15) is 17.7 Å². The van der Waals surface area contributed by atoms with Crippen molar-refractivity contribution in [2.75, 3.05) is 25.0 Å². The van der Waals surface area contributed by atoms with E-state index >= 15 is 0 Å². The van der Waals surface area contributed by atoms with E-state index in [1.54, 1.807) is 40.3 Å². The van der Waals surface area contributed by atoms with Crippen molar-refractivity contribution < 1.29 is 22.4 Å². The summed E-state index contributed by atoms with van der Waals surface area (Å²) in [6.07, 6.45) is 2.32. The lowest BCUT2D eigenvalue weighted by molar-refractivity contribution is -0.129. The second-order valence-corrected chi connectivity index (χ2v) is 8.88. The Kier molecular flexibility index (Phi) is 4.72. The Morgan fingerprint density at radius 2 is 2.14 bits per heavy atom. The number of hydrogen-bond donors (Lipinski definition) is 1. The van der Waals surface area contributed by atoms with Crippen molar-refractivity contribution in [3.8, 4) is 0 Å². The van der Waals surface area contributed by atoms with Crippen molar-refractivity contribution in [1.29, 1.82) is 0 Å². The standard InChI is InChI=1S/C19H21N3O5S/c1-20-28(25,26)16-4-5-17-13(9-16)6-7-22(17)19(24)14-10-18(23)21(11-14)12-15-3-2-8-27-15/h2-5,8-9,14,20H,6-7,10-12H2,1H3. The molecule has 2 aromatic rings. The third kappa shape index (κ3) is 3.31. The smallest absolute Gasteiger partial charge is 0.240 e. The van der Waals surface area contributed by atoms with Crippen LogP contribution in [0.4, 0.5) is 5.69 Å². The summed E-state index contributed by atoms with van der Waals surface area (Å²) in [4.78, 5) is 28.8. The molecule has 1 fully saturated rings. The van der Waals surface area contributed by atoms with Crippen molar-refractivity contribution >= 4 is 27.5 Å². The highest BCUT2D eigenvalue weighted by molar-refractivity contribution is 7.89. The number of nitrogens with zero attached hydrogens (tertiary/aromatic N) is 2. The molecule has 1 N–H and O–H groups in total. The van der Waals surface area contributed by atoms with Crippen molar-refractivity contribution in [3.05, 3.63) is 47.9 Å². The van der Waals surface area contributed by atoms with E-state index in [-0.39, 0.29) is 23.1 Å². The first-order valence-corrected chi connectivity index (χ1v) is 10.6. The highest BCUT2D eigenvalue weighted by Gasteiger charge is 2.38. The van der Waals surface area contributed by atoms with Gasteiger partial charge in [0.25, 0.3) is 0 Å². The first-order valence-electron chi connectivity index (χ1n) is 9.07. The zero-order chi connectivity index (χ0) is 19.9. The molecule has 2 aliphatic rings. The van der Waals surface area contributed by atoms with Crippen LogP contribution in [0.3, 0.4) is 0 Å². The molecule has 0 aliphatic carbocycles. The first kappa shape index (κ1) is 18.7. The van der Waals surface area contributed by atoms with Crippen LogP contribution in [0, 0.1) is 5.92 Å². The molecule has 0 radical (unpaired) electrons. The molecular formula is C19H21N3O5S. The fraction of sp³-hybridized carbons (Fsp3) is 0.368. The SMILES string of the molecule is CNS(=O)(=O)c1ccc2c(c1)CCN2C(=O)C1CC(=O)N(Cc2ccco2)C1. The normalized spacial score (nSPS) is 19.3. The number of carbonyl (C=O) groups excluding carboxylic acids is 2. The molecule has 4 rings (SSSR count). The fourth-order valence-corrected chi connectivity index (χ4v) is 4.57. The average molecular weight is 403 g/mol. The van der Waals surface area contributed by atoms with E-state index in [9.17, 15) is 18.0 Å². The molecule has 8 nitrogen and oxygen atoms in total. The maximum atomic E-state index is 13.0. The number of amides is 2. The predicted octanol–water partition coefficient (Wildman–Crippen LogP) is 1.13. The number of fused-ring (bicyclic) bond motifs is 1. The molecule has 1 aromatic carbocycles. The summed E-state index contributed by atoms with van der Waals surface area (Å²) < 4.78 is 31.6. The number of nitrogens with one attached hydrogen (secondary N) is 1. The van der Waals surface area contributed by atoms with Gasteiger partial charge in [-0.2, -0.15) is 0 Å². The molecular weight excluding hydrogens is 382 g/mol. The first-order chi connectivity index (χ1) is 13.4. The van der Waals surface area contributed by atoms with Gasteiger partial charge >= 0.3 is 0 Å². The van der Waals surface area contributed by atoms with Gasteiger partial charge in [-0.3, -0.25) is 9.59 Å². The molecule has 2 amide bonds. The number of rotatable bonds is 5. The third-order valence-electron chi connectivity index (χ3n) is 5.28. The lowest BCUT2D eigenvalue weighted by atomic mass is 10.1. The van der Waals surface area contributed by atoms with E-state index in [1.165, 1.54) is 13.1 Å². The van der Waals surface area contributed by atoms with Gasteiger partial charge in [-0.1, -0.05) is 0 Å². The summed E-state index contributed by atoms with van der Waals surface area (Å²) in [7, 11) is -2.16. The van der Waals surface area contributed by atoms with Crippen LogP contribution in [-0.4, -0.2) is 45.3 Å². The van der Waals surface area contributed by atoms with Gasteiger partial charge in [0.1, 0.15) is 5.76 Å². The van der Waals surface area contributed by atoms with E-state index in [4.69, 9.17) is 4.42 Å². The Bertz CT molecular complexity index is 1020. The summed E-state index contributed by atoms with van der Waals surface area (Å²) >= 11 is 0. The van der Waals surface area contributed by atoms with Crippen LogP contribution in [-0.2, 0) is 32.6 Å². The van der Waals surface area contributed by atoms with Gasteiger partial charge < -0.3 is 14.2 Å². The van der Waals surface area contributed by atoms with Crippen molar-refractivity contribution in [3.63, 3.8) is 0 Å². The van der Waals surface area contributed by atoms with E-state index in [2.05, 4.69) is 4.72 Å². The summed E-state index contributed by atoms with van der Waals surface area (Å²) in [5.41, 5.74) is 1.54. The molecule has 0 bridgehead atoms. The monoisotopic (exact) mass is 403 g/mol. The zero-order valence-corrected chi connectivity index (χ0v) is 16.2. The average Bonchev–Trinajstić information content (AvgIpc) is 3.42. The number of sulfonamides is 1. The number of benzene rings is 1. The van der Waals surface area contributed by atoms with E-state index in [0.29, 0.717) is 31.8 Å². The molecule has 28 heavy (non-hydrogen) atoms. The van der Waals surface area contributed by atoms with Gasteiger partial charge in [0.15, 0.2) is 0 Å². The van der Waals surface area contributed by atoms with E-state index in [1.807, 2.05) is 0 Å². The lowest BCUT2D eigenvalue weighted by Crippen LogP contribution is -2.36. The van der Waals surface area contributed by atoms with Crippen molar-refractivity contribution in [2.24, 2.45) is 5.92 Å². The number of likely N-dealkylation sites (tertiary alicyclic amines) is 1. The van der Waals surface area contributed by atoms with Crippen molar-refractivity contribution in [2.45, 2.75) is 24.3 Å². The largest absolute Gasteiger partial charge is 0.467 e. The Balaban J connectivity index is 1.49. The maximum Gasteiger partial charge on any atom is 0.240 e. The highest BCUT2D eigenvalue weighted by Crippen LogP contribution is 2.33. The van der Waals surface area contributed by atoms with Crippen LogP contribution in [0.25, 0.3) is 0 Å². The van der Waals surface area contributed by atoms with E-state index < -0.39 is 15.9 Å². The van der Waals surface area contributed by atoms with Gasteiger partial charge in [-0.05, 0) is 49.4 Å². The summed E-state index contributed by atoms with van der Waals surface area (Å²) in [6.45, 7) is 1.20. The second kappa shape index (κ2) is 7.06. The molecule has 1 unspecified atom stereocenters. The quantitative estimate of drug-likeness (QED) is 0.807. The molecule has 3 heterocycles. The lowest BCUT2D eigenvalue weighted by Gasteiger charge is -2.21. The summed E-state index contributed by atoms with van der Waals surface area (Å²) in [5.74, 6) is 0.114. The van der Waals surface area contributed by atoms with Gasteiger partial charge in [0.2, 0.25) is 21.8 Å². The van der Waals surface area contributed by atoms with Gasteiger partial charge in [-0.25, -0.2) is 13.1 Å². The number of anilines is 1. The molecule has 0 spiro atoms. The minimum absolute atomic E-state index is 0.0652. The van der Waals surface area contributed by atoms with Gasteiger partial charge in [-0.15, -0.1) is 0 Å². The second-order valence-electron chi connectivity index (χ2n) is 6.99. The Morgan fingerprint density at radius 1 is 1.32 bits per heavy atom. The topological polar surface area (TPSA) is 99.9 Å². The van der Waals surface area contributed by atoms with Crippen LogP contribution in [0.2, 0.25) is 0 Å². The van der Waals surface area contributed by atoms with Crippen LogP contribution in [0.5, 0.6) is 0 Å². The Hall–Kier alpha value is -2.65. The number of carbonyl (C=O) groups is 2. The van der Waals surface area contributed by atoms with Crippen LogP contribution in [0.15, 0.2) is 45.9 Å². The summed E-state index contributed by atoms with van der Waals surface area (Å²) in [6, 6.07) is 8.34. The molecule has 2 aliphatic heterocycles. The van der Waals surface area contributed by atoms with Crippen LogP contribution < -0.4 is 9.62 Å². The molecule has 0 saturated carbocycles. The third-order valence-corrected chi connectivity index (χ3v) is 6.69. The minimum atomic E-state index is -3.53. The molecule has 1 aromatic heterocycles. The predicted molar refractivity (Wildman–Crippen MR) is 101 cm³/mol. The van der Waals surface area contributed by atoms with E-state index in [0.717, 1.165) is 11.3 Å². The zero-order valence-electron chi connectivity index (χ0n) is 15.4. The molecule has 1 saturated heterocycles. The van der Waals surface area contributed by atoms with Crippen LogP contribution >= 0.6 is 0 Å². The fourth-order valence-electron chi connectivity index (χ4n) is 3.79. The maximum absolute atomic E-state index is 13.0. The minimum Gasteiger partial charge on any atom is -0.467 e. The highest BCUT2D eigenvalue weighted by atomic mass is 32.2. The summed E-state index contributed by atoms with van der Waals surface area (Å²) in [5, 5.41) is 0. The number of furan rings is 1. The molecule has 148 valence electrons.